The average Bonchev–Trinajstić information content (AvgIpc) is 3.04. The van der Waals surface area contributed by atoms with Crippen LogP contribution in [0, 0.1) is 0 Å². The summed E-state index contributed by atoms with van der Waals surface area (Å²) in [6.45, 7) is 1.09. The summed E-state index contributed by atoms with van der Waals surface area (Å²) in [7, 11) is 0. The van der Waals surface area contributed by atoms with E-state index in [-0.39, 0.29) is 26.4 Å². The van der Waals surface area contributed by atoms with Crippen molar-refractivity contribution in [3.05, 3.63) is 144 Å². The highest BCUT2D eigenvalue weighted by Gasteiger charge is 2.50. The minimum Gasteiger partial charge on any atom is -0.388 e. The van der Waals surface area contributed by atoms with Crippen molar-refractivity contribution in [2.45, 2.75) is 63.2 Å². The Morgan fingerprint density at radius 1 is 0.524 bits per heavy atom. The van der Waals surface area contributed by atoms with E-state index in [9.17, 15) is 10.2 Å². The molecular weight excluding hydrogens is 532 g/mol. The fourth-order valence-corrected chi connectivity index (χ4v) is 4.98. The van der Waals surface area contributed by atoms with Crippen molar-refractivity contribution in [2.24, 2.45) is 0 Å². The Kier molecular flexibility index (Phi) is 11.3. The van der Waals surface area contributed by atoms with Crippen molar-refractivity contribution in [1.82, 2.24) is 0 Å². The number of aliphatic hydroxyl groups is 2. The van der Waals surface area contributed by atoms with Crippen LogP contribution in [0.3, 0.4) is 0 Å². The molecule has 5 rings (SSSR count). The molecule has 1 aliphatic heterocycles. The van der Waals surface area contributed by atoms with E-state index in [2.05, 4.69) is 0 Å². The topological polar surface area (TPSA) is 86.6 Å². The van der Waals surface area contributed by atoms with Gasteiger partial charge in [-0.05, 0) is 22.3 Å². The molecule has 7 nitrogen and oxygen atoms in total. The predicted octanol–water partition coefficient (Wildman–Crippen LogP) is 5.04. The lowest BCUT2D eigenvalue weighted by molar-refractivity contribution is -0.325. The van der Waals surface area contributed by atoms with Crippen molar-refractivity contribution in [1.29, 1.82) is 0 Å². The van der Waals surface area contributed by atoms with Gasteiger partial charge >= 0.3 is 0 Å². The summed E-state index contributed by atoms with van der Waals surface area (Å²) in [6, 6.07) is 39.0. The van der Waals surface area contributed by atoms with E-state index in [1.54, 1.807) is 0 Å². The summed E-state index contributed by atoms with van der Waals surface area (Å²) in [5.74, 6) is 0. The first-order chi connectivity index (χ1) is 20.7. The summed E-state index contributed by atoms with van der Waals surface area (Å²) in [5.41, 5.74) is 3.86. The zero-order chi connectivity index (χ0) is 29.0. The summed E-state index contributed by atoms with van der Waals surface area (Å²) in [5, 5.41) is 22.5. The molecular formula is C35H38O7. The van der Waals surface area contributed by atoms with Crippen LogP contribution in [-0.4, -0.2) is 53.6 Å². The third kappa shape index (κ3) is 8.56. The van der Waals surface area contributed by atoms with Crippen LogP contribution in [0.1, 0.15) is 22.3 Å². The van der Waals surface area contributed by atoms with Gasteiger partial charge in [-0.3, -0.25) is 0 Å². The van der Waals surface area contributed by atoms with Gasteiger partial charge in [0.05, 0.1) is 33.0 Å². The van der Waals surface area contributed by atoms with Crippen molar-refractivity contribution in [3.63, 3.8) is 0 Å². The van der Waals surface area contributed by atoms with Crippen molar-refractivity contribution in [2.75, 3.05) is 6.61 Å². The van der Waals surface area contributed by atoms with Crippen LogP contribution in [0.4, 0.5) is 0 Å². The summed E-state index contributed by atoms with van der Waals surface area (Å²) in [4.78, 5) is 0. The second-order valence-electron chi connectivity index (χ2n) is 10.3. The van der Waals surface area contributed by atoms with E-state index in [1.807, 2.05) is 121 Å². The molecule has 2 N–H and O–H groups in total. The molecule has 1 fully saturated rings. The molecule has 0 radical (unpaired) electrons. The SMILES string of the molecule is O[C@@H]1O[C@H]([C@@H](O)COCc2ccccc2)[C@@H](OCc2ccccc2)[C@H](OCc2ccccc2)[C@@H]1OCc1ccccc1. The van der Waals surface area contributed by atoms with Crippen molar-refractivity contribution >= 4 is 0 Å². The normalized spacial score (nSPS) is 23.0. The highest BCUT2D eigenvalue weighted by atomic mass is 16.7. The van der Waals surface area contributed by atoms with E-state index in [1.165, 1.54) is 0 Å². The lowest BCUT2D eigenvalue weighted by Crippen LogP contribution is -2.63. The van der Waals surface area contributed by atoms with E-state index in [0.29, 0.717) is 6.61 Å². The Balaban J connectivity index is 1.36. The van der Waals surface area contributed by atoms with Crippen LogP contribution in [0.25, 0.3) is 0 Å². The van der Waals surface area contributed by atoms with Gasteiger partial charge in [0.25, 0.3) is 0 Å². The molecule has 1 aliphatic rings. The Hall–Kier alpha value is -3.40. The third-order valence-electron chi connectivity index (χ3n) is 7.18. The summed E-state index contributed by atoms with van der Waals surface area (Å²) < 4.78 is 31.0. The van der Waals surface area contributed by atoms with Gasteiger partial charge in [-0.1, -0.05) is 121 Å². The van der Waals surface area contributed by atoms with Crippen molar-refractivity contribution in [3.8, 4) is 0 Å². The molecule has 0 bridgehead atoms. The molecule has 42 heavy (non-hydrogen) atoms. The molecule has 4 aromatic rings. The molecule has 0 saturated carbocycles. The maximum Gasteiger partial charge on any atom is 0.184 e. The van der Waals surface area contributed by atoms with Gasteiger partial charge in [0.2, 0.25) is 0 Å². The molecule has 1 heterocycles. The van der Waals surface area contributed by atoms with E-state index < -0.39 is 36.8 Å². The molecule has 0 amide bonds. The first-order valence-corrected chi connectivity index (χ1v) is 14.3. The number of hydrogen-bond donors (Lipinski definition) is 2. The van der Waals surface area contributed by atoms with Gasteiger partial charge in [-0.15, -0.1) is 0 Å². The lowest BCUT2D eigenvalue weighted by Gasteiger charge is -2.45. The standard InChI is InChI=1S/C35H38O7/c36-30(25-38-21-26-13-5-1-6-14-26)31-32(39-22-27-15-7-2-8-16-27)33(40-23-28-17-9-3-10-18-28)34(35(37)42-31)41-24-29-19-11-4-12-20-29/h1-20,30-37H,21-25H2/t30-,31+,32+,33-,34-,35+/m0/s1. The fourth-order valence-electron chi connectivity index (χ4n) is 4.98. The quantitative estimate of drug-likeness (QED) is 0.220. The van der Waals surface area contributed by atoms with E-state index in [4.69, 9.17) is 23.7 Å². The molecule has 0 unspecified atom stereocenters. The molecule has 6 atom stereocenters. The Labute approximate surface area is 247 Å². The minimum absolute atomic E-state index is 0.0155. The van der Waals surface area contributed by atoms with Gasteiger partial charge in [-0.2, -0.15) is 0 Å². The number of hydrogen-bond acceptors (Lipinski definition) is 7. The number of aliphatic hydroxyl groups excluding tert-OH is 2. The molecule has 1 saturated heterocycles. The second-order valence-corrected chi connectivity index (χ2v) is 10.3. The molecule has 0 aliphatic carbocycles. The molecule has 4 aromatic carbocycles. The summed E-state index contributed by atoms with van der Waals surface area (Å²) in [6.07, 6.45) is -5.79. The first-order valence-electron chi connectivity index (χ1n) is 14.3. The number of rotatable bonds is 14. The zero-order valence-corrected chi connectivity index (χ0v) is 23.5. The lowest BCUT2D eigenvalue weighted by atomic mass is 9.94. The molecule has 0 spiro atoms. The average molecular weight is 571 g/mol. The first kappa shape index (κ1) is 30.1. The highest BCUT2D eigenvalue weighted by Crippen LogP contribution is 2.31. The monoisotopic (exact) mass is 570 g/mol. The zero-order valence-electron chi connectivity index (χ0n) is 23.5. The van der Waals surface area contributed by atoms with E-state index >= 15 is 0 Å². The molecule has 7 heteroatoms. The third-order valence-corrected chi connectivity index (χ3v) is 7.18. The Morgan fingerprint density at radius 3 is 1.36 bits per heavy atom. The smallest absolute Gasteiger partial charge is 0.184 e. The molecule has 220 valence electrons. The van der Waals surface area contributed by atoms with Crippen LogP contribution in [-0.2, 0) is 50.1 Å². The van der Waals surface area contributed by atoms with Gasteiger partial charge in [0, 0.05) is 0 Å². The van der Waals surface area contributed by atoms with Crippen LogP contribution < -0.4 is 0 Å². The maximum absolute atomic E-state index is 11.3. The molecule has 0 aromatic heterocycles. The Morgan fingerprint density at radius 2 is 0.905 bits per heavy atom. The second kappa shape index (κ2) is 15.7. The Bertz CT molecular complexity index is 1290. The predicted molar refractivity (Wildman–Crippen MR) is 158 cm³/mol. The van der Waals surface area contributed by atoms with Crippen LogP contribution >= 0.6 is 0 Å². The fraction of sp³-hybridized carbons (Fsp3) is 0.314. The van der Waals surface area contributed by atoms with Crippen LogP contribution in [0.15, 0.2) is 121 Å². The van der Waals surface area contributed by atoms with Gasteiger partial charge in [0.15, 0.2) is 6.29 Å². The van der Waals surface area contributed by atoms with Crippen molar-refractivity contribution < 1.29 is 33.9 Å². The van der Waals surface area contributed by atoms with Crippen LogP contribution in [0.5, 0.6) is 0 Å². The van der Waals surface area contributed by atoms with Gasteiger partial charge < -0.3 is 33.9 Å². The van der Waals surface area contributed by atoms with E-state index in [0.717, 1.165) is 22.3 Å². The minimum atomic E-state index is -1.36. The van der Waals surface area contributed by atoms with Gasteiger partial charge in [0.1, 0.15) is 30.5 Å². The number of ether oxygens (including phenoxy) is 5. The van der Waals surface area contributed by atoms with Crippen LogP contribution in [0.2, 0.25) is 0 Å². The summed E-state index contributed by atoms with van der Waals surface area (Å²) >= 11 is 0. The number of benzene rings is 4. The largest absolute Gasteiger partial charge is 0.388 e. The van der Waals surface area contributed by atoms with Gasteiger partial charge in [-0.25, -0.2) is 0 Å². The highest BCUT2D eigenvalue weighted by molar-refractivity contribution is 5.16. The maximum atomic E-state index is 11.3.